The molecule has 0 bridgehead atoms. The summed E-state index contributed by atoms with van der Waals surface area (Å²) < 4.78 is 5.64. The van der Waals surface area contributed by atoms with E-state index in [0.717, 1.165) is 23.3 Å². The molecule has 0 atom stereocenters. The van der Waals surface area contributed by atoms with Gasteiger partial charge in [0, 0.05) is 6.20 Å². The molecule has 0 fully saturated rings. The van der Waals surface area contributed by atoms with Crippen molar-refractivity contribution in [2.24, 2.45) is 0 Å². The maximum Gasteiger partial charge on any atom is 0.138 e. The van der Waals surface area contributed by atoms with Gasteiger partial charge in [0.05, 0.1) is 6.20 Å². The lowest BCUT2D eigenvalue weighted by Crippen LogP contribution is -1.96. The number of aromatic nitrogens is 1. The zero-order valence-corrected chi connectivity index (χ0v) is 9.10. The SMILES string of the molecule is [CH2]Cc1cncc(OCc2ccccc2)c1. The van der Waals surface area contributed by atoms with Gasteiger partial charge in [-0.1, -0.05) is 30.3 Å². The average Bonchev–Trinajstić information content (AvgIpc) is 2.38. The largest absolute Gasteiger partial charge is 0.487 e. The molecule has 1 aromatic carbocycles. The summed E-state index contributed by atoms with van der Waals surface area (Å²) in [7, 11) is 0. The van der Waals surface area contributed by atoms with Crippen molar-refractivity contribution in [3.05, 3.63) is 66.8 Å². The van der Waals surface area contributed by atoms with Crippen molar-refractivity contribution in [3.8, 4) is 5.75 Å². The van der Waals surface area contributed by atoms with Crippen LogP contribution in [0.5, 0.6) is 5.75 Å². The standard InChI is InChI=1S/C14H14NO/c1-2-12-8-14(10-15-9-12)16-11-13-6-4-3-5-7-13/h3-10H,1-2,11H2. The van der Waals surface area contributed by atoms with Crippen molar-refractivity contribution in [2.45, 2.75) is 13.0 Å². The Kier molecular flexibility index (Phi) is 3.54. The molecular formula is C14H14NO. The fourth-order valence-electron chi connectivity index (χ4n) is 1.42. The minimum atomic E-state index is 0.573. The summed E-state index contributed by atoms with van der Waals surface area (Å²) in [5.74, 6) is 0.796. The van der Waals surface area contributed by atoms with E-state index in [4.69, 9.17) is 4.74 Å². The molecule has 1 heterocycles. The fourth-order valence-corrected chi connectivity index (χ4v) is 1.42. The summed E-state index contributed by atoms with van der Waals surface area (Å²) in [6.45, 7) is 4.39. The Balaban J connectivity index is 1.99. The Morgan fingerprint density at radius 1 is 1.06 bits per heavy atom. The highest BCUT2D eigenvalue weighted by Crippen LogP contribution is 2.13. The Labute approximate surface area is 95.9 Å². The summed E-state index contributed by atoms with van der Waals surface area (Å²) in [5, 5.41) is 0. The van der Waals surface area contributed by atoms with Gasteiger partial charge in [-0.15, -0.1) is 0 Å². The van der Waals surface area contributed by atoms with Gasteiger partial charge in [-0.2, -0.15) is 0 Å². The molecule has 0 aliphatic heterocycles. The zero-order valence-electron chi connectivity index (χ0n) is 9.10. The van der Waals surface area contributed by atoms with Crippen molar-refractivity contribution in [1.82, 2.24) is 4.98 Å². The Morgan fingerprint density at radius 3 is 2.62 bits per heavy atom. The molecule has 81 valence electrons. The van der Waals surface area contributed by atoms with Crippen LogP contribution in [0, 0.1) is 6.92 Å². The van der Waals surface area contributed by atoms with E-state index in [9.17, 15) is 0 Å². The van der Waals surface area contributed by atoms with Crippen molar-refractivity contribution >= 4 is 0 Å². The summed E-state index contributed by atoms with van der Waals surface area (Å²) in [6, 6.07) is 12.1. The molecule has 0 unspecified atom stereocenters. The lowest BCUT2D eigenvalue weighted by atomic mass is 10.2. The zero-order chi connectivity index (χ0) is 11.2. The minimum absolute atomic E-state index is 0.573. The van der Waals surface area contributed by atoms with Gasteiger partial charge in [0.25, 0.3) is 0 Å². The third-order valence-corrected chi connectivity index (χ3v) is 2.31. The van der Waals surface area contributed by atoms with Crippen LogP contribution in [-0.2, 0) is 13.0 Å². The first kappa shape index (κ1) is 10.7. The number of rotatable bonds is 4. The fraction of sp³-hybridized carbons (Fsp3) is 0.143. The molecule has 0 spiro atoms. The van der Waals surface area contributed by atoms with Gasteiger partial charge in [-0.3, -0.25) is 4.98 Å². The summed E-state index contributed by atoms with van der Waals surface area (Å²) in [4.78, 5) is 4.10. The molecule has 0 saturated carbocycles. The van der Waals surface area contributed by atoms with Gasteiger partial charge >= 0.3 is 0 Å². The van der Waals surface area contributed by atoms with Gasteiger partial charge in [0.2, 0.25) is 0 Å². The van der Waals surface area contributed by atoms with Gasteiger partial charge in [0.15, 0.2) is 0 Å². The molecule has 0 amide bonds. The first-order valence-corrected chi connectivity index (χ1v) is 5.28. The lowest BCUT2D eigenvalue weighted by molar-refractivity contribution is 0.304. The average molecular weight is 212 g/mol. The molecule has 1 aromatic heterocycles. The van der Waals surface area contributed by atoms with Crippen LogP contribution in [0.4, 0.5) is 0 Å². The second kappa shape index (κ2) is 5.31. The molecule has 2 rings (SSSR count). The summed E-state index contributed by atoms with van der Waals surface area (Å²) in [6.07, 6.45) is 4.26. The quantitative estimate of drug-likeness (QED) is 0.777. The molecule has 2 heteroatoms. The highest BCUT2D eigenvalue weighted by Gasteiger charge is 1.97. The highest BCUT2D eigenvalue weighted by molar-refractivity contribution is 5.24. The number of ether oxygens (including phenoxy) is 1. The second-order valence-electron chi connectivity index (χ2n) is 3.55. The smallest absolute Gasteiger partial charge is 0.138 e. The van der Waals surface area contributed by atoms with Crippen LogP contribution in [0.1, 0.15) is 11.1 Å². The second-order valence-corrected chi connectivity index (χ2v) is 3.55. The molecule has 0 aliphatic carbocycles. The number of pyridine rings is 1. The monoisotopic (exact) mass is 212 g/mol. The van der Waals surface area contributed by atoms with Gasteiger partial charge in [0.1, 0.15) is 12.4 Å². The molecule has 0 saturated heterocycles. The van der Waals surface area contributed by atoms with E-state index in [1.807, 2.05) is 42.6 Å². The summed E-state index contributed by atoms with van der Waals surface area (Å²) in [5.41, 5.74) is 2.24. The van der Waals surface area contributed by atoms with Crippen LogP contribution in [0.3, 0.4) is 0 Å². The predicted octanol–water partition coefficient (Wildman–Crippen LogP) is 3.04. The Bertz CT molecular complexity index is 439. The van der Waals surface area contributed by atoms with Crippen LogP contribution in [0.25, 0.3) is 0 Å². The molecular weight excluding hydrogens is 198 g/mol. The third kappa shape index (κ3) is 2.83. The van der Waals surface area contributed by atoms with E-state index in [2.05, 4.69) is 11.9 Å². The first-order valence-electron chi connectivity index (χ1n) is 5.28. The van der Waals surface area contributed by atoms with Gasteiger partial charge in [-0.25, -0.2) is 0 Å². The molecule has 1 radical (unpaired) electrons. The van der Waals surface area contributed by atoms with Crippen molar-refractivity contribution in [3.63, 3.8) is 0 Å². The number of benzene rings is 1. The van der Waals surface area contributed by atoms with E-state index in [1.54, 1.807) is 6.20 Å². The van der Waals surface area contributed by atoms with Crippen molar-refractivity contribution < 1.29 is 4.74 Å². The van der Waals surface area contributed by atoms with Gasteiger partial charge in [-0.05, 0) is 30.5 Å². The predicted molar refractivity (Wildman–Crippen MR) is 64.1 cm³/mol. The van der Waals surface area contributed by atoms with Crippen LogP contribution in [-0.4, -0.2) is 4.98 Å². The maximum absolute atomic E-state index is 5.64. The third-order valence-electron chi connectivity index (χ3n) is 2.31. The van der Waals surface area contributed by atoms with Crippen LogP contribution >= 0.6 is 0 Å². The van der Waals surface area contributed by atoms with Crippen LogP contribution < -0.4 is 4.74 Å². The number of hydrogen-bond donors (Lipinski definition) is 0. The first-order chi connectivity index (χ1) is 7.88. The van der Waals surface area contributed by atoms with Gasteiger partial charge < -0.3 is 4.74 Å². The topological polar surface area (TPSA) is 22.1 Å². The van der Waals surface area contributed by atoms with E-state index in [0.29, 0.717) is 6.61 Å². The molecule has 0 N–H and O–H groups in total. The van der Waals surface area contributed by atoms with Crippen molar-refractivity contribution in [2.75, 3.05) is 0 Å². The van der Waals surface area contributed by atoms with E-state index in [1.165, 1.54) is 0 Å². The normalized spacial score (nSPS) is 10.1. The molecule has 16 heavy (non-hydrogen) atoms. The van der Waals surface area contributed by atoms with Crippen LogP contribution in [0.2, 0.25) is 0 Å². The lowest BCUT2D eigenvalue weighted by Gasteiger charge is -2.06. The van der Waals surface area contributed by atoms with E-state index < -0.39 is 0 Å². The number of hydrogen-bond acceptors (Lipinski definition) is 2. The number of nitrogens with zero attached hydrogens (tertiary/aromatic N) is 1. The Morgan fingerprint density at radius 2 is 1.88 bits per heavy atom. The Hall–Kier alpha value is -1.83. The maximum atomic E-state index is 5.64. The molecule has 2 nitrogen and oxygen atoms in total. The van der Waals surface area contributed by atoms with E-state index >= 15 is 0 Å². The molecule has 0 aliphatic rings. The highest BCUT2D eigenvalue weighted by atomic mass is 16.5. The summed E-state index contributed by atoms with van der Waals surface area (Å²) >= 11 is 0. The molecule has 2 aromatic rings. The minimum Gasteiger partial charge on any atom is -0.487 e. The van der Waals surface area contributed by atoms with E-state index in [-0.39, 0.29) is 0 Å². The van der Waals surface area contributed by atoms with Crippen molar-refractivity contribution in [1.29, 1.82) is 0 Å². The van der Waals surface area contributed by atoms with Crippen LogP contribution in [0.15, 0.2) is 48.8 Å².